The zero-order valence-electron chi connectivity index (χ0n) is 6.49. The molecule has 0 aliphatic heterocycles. The van der Waals surface area contributed by atoms with Crippen LogP contribution < -0.4 is 5.14 Å². The van der Waals surface area contributed by atoms with E-state index in [4.69, 9.17) is 10.4 Å². The second-order valence-corrected chi connectivity index (χ2v) is 4.07. The molecular weight excluding hydrogens is 180 g/mol. The fourth-order valence-corrected chi connectivity index (χ4v) is 1.79. The molecule has 0 saturated heterocycles. The van der Waals surface area contributed by atoms with E-state index in [9.17, 15) is 8.42 Å². The molecule has 0 heterocycles. The molecule has 0 radical (unpaired) electrons. The topological polar surface area (TPSA) is 93.2 Å². The van der Waals surface area contributed by atoms with Gasteiger partial charge in [-0.1, -0.05) is 0 Å². The summed E-state index contributed by atoms with van der Waals surface area (Å²) in [7, 11) is -3.86. The zero-order chi connectivity index (χ0) is 9.24. The number of nitriles is 1. The largest absolute Gasteiger partial charge is 0.333 e. The molecule has 68 valence electrons. The number of nitrogens with two attached hydrogens (primary N) is 1. The molecule has 0 aromatic rings. The quantitative estimate of drug-likeness (QED) is 0.677. The van der Waals surface area contributed by atoms with Gasteiger partial charge in [-0.05, 0) is 19.3 Å². The summed E-state index contributed by atoms with van der Waals surface area (Å²) < 4.78 is 25.7. The number of hydrogen-bond donors (Lipinski definition) is 1. The van der Waals surface area contributed by atoms with Crippen LogP contribution in [0.5, 0.6) is 0 Å². The molecule has 12 heavy (non-hydrogen) atoms. The summed E-state index contributed by atoms with van der Waals surface area (Å²) in [6, 6.07) is 1.93. The first-order chi connectivity index (χ1) is 5.47. The molecule has 0 atom stereocenters. The molecule has 0 aromatic heterocycles. The lowest BCUT2D eigenvalue weighted by Gasteiger charge is -2.11. The summed E-state index contributed by atoms with van der Waals surface area (Å²) in [5.41, 5.74) is -0.649. The van der Waals surface area contributed by atoms with Crippen LogP contribution in [0.3, 0.4) is 0 Å². The van der Waals surface area contributed by atoms with Crippen LogP contribution in [-0.4, -0.2) is 14.0 Å². The van der Waals surface area contributed by atoms with Crippen LogP contribution in [0.1, 0.15) is 25.7 Å². The molecule has 1 rings (SSSR count). The van der Waals surface area contributed by atoms with Gasteiger partial charge in [-0.2, -0.15) is 13.7 Å². The van der Waals surface area contributed by atoms with E-state index in [1.54, 1.807) is 0 Å². The van der Waals surface area contributed by atoms with E-state index in [-0.39, 0.29) is 0 Å². The third-order valence-corrected chi connectivity index (χ3v) is 2.38. The predicted octanol–water partition coefficient (Wildman–Crippen LogP) is 0.0429. The highest BCUT2D eigenvalue weighted by atomic mass is 32.2. The van der Waals surface area contributed by atoms with Gasteiger partial charge in [0.05, 0.1) is 11.7 Å². The van der Waals surface area contributed by atoms with Crippen molar-refractivity contribution in [2.75, 3.05) is 0 Å². The summed E-state index contributed by atoms with van der Waals surface area (Å²) in [5, 5.41) is 13.0. The van der Waals surface area contributed by atoms with Gasteiger partial charge in [-0.25, -0.2) is 5.14 Å². The van der Waals surface area contributed by atoms with E-state index in [2.05, 4.69) is 4.18 Å². The van der Waals surface area contributed by atoms with Gasteiger partial charge in [0, 0.05) is 6.42 Å². The second kappa shape index (κ2) is 3.01. The maximum atomic E-state index is 10.5. The first-order valence-corrected chi connectivity index (χ1v) is 5.05. The van der Waals surface area contributed by atoms with Crippen molar-refractivity contribution in [1.82, 2.24) is 0 Å². The highest BCUT2D eigenvalue weighted by Gasteiger charge is 2.46. The molecular formula is C6H10N2O3S. The number of hydrogen-bond acceptors (Lipinski definition) is 4. The van der Waals surface area contributed by atoms with Crippen LogP contribution >= 0.6 is 0 Å². The molecule has 0 unspecified atom stereocenters. The van der Waals surface area contributed by atoms with Crippen LogP contribution in [0.25, 0.3) is 0 Å². The Morgan fingerprint density at radius 2 is 2.17 bits per heavy atom. The van der Waals surface area contributed by atoms with Crippen molar-refractivity contribution in [1.29, 1.82) is 5.26 Å². The van der Waals surface area contributed by atoms with Crippen LogP contribution in [0, 0.1) is 11.3 Å². The third-order valence-electron chi connectivity index (χ3n) is 1.79. The monoisotopic (exact) mass is 190 g/mol. The van der Waals surface area contributed by atoms with E-state index in [0.29, 0.717) is 25.7 Å². The Kier molecular flexibility index (Phi) is 2.37. The van der Waals surface area contributed by atoms with E-state index in [0.717, 1.165) is 0 Å². The van der Waals surface area contributed by atoms with E-state index in [1.807, 2.05) is 6.07 Å². The standard InChI is InChI=1S/C6H10N2O3S/c7-5-1-2-6(3-4-6)11-12(8,9)10/h1-4H2,(H2,8,9,10). The molecule has 0 bridgehead atoms. The fourth-order valence-electron chi connectivity index (χ4n) is 1.04. The Labute approximate surface area is 71.4 Å². The molecule has 0 spiro atoms. The van der Waals surface area contributed by atoms with Gasteiger partial charge >= 0.3 is 10.3 Å². The Morgan fingerprint density at radius 3 is 2.50 bits per heavy atom. The first kappa shape index (κ1) is 9.45. The van der Waals surface area contributed by atoms with E-state index in [1.165, 1.54) is 0 Å². The summed E-state index contributed by atoms with van der Waals surface area (Å²) in [5.74, 6) is 0. The molecule has 6 heteroatoms. The Hall–Kier alpha value is -0.640. The zero-order valence-corrected chi connectivity index (χ0v) is 7.30. The molecule has 0 aromatic carbocycles. The minimum Gasteiger partial charge on any atom is -0.252 e. The Bertz CT molecular complexity index is 299. The smallest absolute Gasteiger partial charge is 0.252 e. The third kappa shape index (κ3) is 2.77. The molecule has 1 saturated carbocycles. The molecule has 2 N–H and O–H groups in total. The lowest BCUT2D eigenvalue weighted by Crippen LogP contribution is -2.25. The average molecular weight is 190 g/mol. The molecule has 1 fully saturated rings. The summed E-state index contributed by atoms with van der Waals surface area (Å²) in [6.07, 6.45) is 2.09. The highest BCUT2D eigenvalue weighted by Crippen LogP contribution is 2.44. The van der Waals surface area contributed by atoms with Gasteiger partial charge in [0.15, 0.2) is 0 Å². The maximum absolute atomic E-state index is 10.5. The van der Waals surface area contributed by atoms with Crippen LogP contribution in [-0.2, 0) is 14.5 Å². The highest BCUT2D eigenvalue weighted by molar-refractivity contribution is 7.84. The van der Waals surface area contributed by atoms with E-state index < -0.39 is 15.9 Å². The summed E-state index contributed by atoms with van der Waals surface area (Å²) in [6.45, 7) is 0. The first-order valence-electron chi connectivity index (χ1n) is 3.58. The van der Waals surface area contributed by atoms with Crippen molar-refractivity contribution in [3.63, 3.8) is 0 Å². The normalized spacial score (nSPS) is 20.0. The number of nitrogens with zero attached hydrogens (tertiary/aromatic N) is 1. The predicted molar refractivity (Wildman–Crippen MR) is 41.0 cm³/mol. The summed E-state index contributed by atoms with van der Waals surface area (Å²) >= 11 is 0. The molecule has 5 nitrogen and oxygen atoms in total. The van der Waals surface area contributed by atoms with Crippen LogP contribution in [0.15, 0.2) is 0 Å². The Morgan fingerprint density at radius 1 is 1.58 bits per heavy atom. The van der Waals surface area contributed by atoms with Crippen molar-refractivity contribution in [3.8, 4) is 6.07 Å². The van der Waals surface area contributed by atoms with Gasteiger partial charge in [0.1, 0.15) is 0 Å². The number of rotatable bonds is 4. The van der Waals surface area contributed by atoms with Gasteiger partial charge in [0.2, 0.25) is 0 Å². The average Bonchev–Trinajstić information content (AvgIpc) is 2.62. The SMILES string of the molecule is N#CCCC1(OS(N)(=O)=O)CC1. The maximum Gasteiger partial charge on any atom is 0.333 e. The van der Waals surface area contributed by atoms with Crippen LogP contribution in [0.2, 0.25) is 0 Å². The minimum absolute atomic E-state index is 0.301. The van der Waals surface area contributed by atoms with Gasteiger partial charge < -0.3 is 0 Å². The Balaban J connectivity index is 2.47. The van der Waals surface area contributed by atoms with Gasteiger partial charge in [-0.15, -0.1) is 0 Å². The minimum atomic E-state index is -3.86. The molecule has 1 aliphatic carbocycles. The van der Waals surface area contributed by atoms with Crippen molar-refractivity contribution in [2.24, 2.45) is 5.14 Å². The summed E-state index contributed by atoms with van der Waals surface area (Å²) in [4.78, 5) is 0. The second-order valence-electron chi connectivity index (χ2n) is 2.92. The lowest BCUT2D eigenvalue weighted by atomic mass is 10.2. The lowest BCUT2D eigenvalue weighted by molar-refractivity contribution is 0.178. The fraction of sp³-hybridized carbons (Fsp3) is 0.833. The van der Waals surface area contributed by atoms with Gasteiger partial charge in [-0.3, -0.25) is 4.18 Å². The van der Waals surface area contributed by atoms with E-state index >= 15 is 0 Å². The molecule has 1 aliphatic rings. The van der Waals surface area contributed by atoms with Crippen molar-refractivity contribution in [2.45, 2.75) is 31.3 Å². The van der Waals surface area contributed by atoms with Crippen molar-refractivity contribution >= 4 is 10.3 Å². The van der Waals surface area contributed by atoms with Crippen molar-refractivity contribution in [3.05, 3.63) is 0 Å². The molecule has 0 amide bonds. The van der Waals surface area contributed by atoms with Crippen LogP contribution in [0.4, 0.5) is 0 Å². The van der Waals surface area contributed by atoms with Gasteiger partial charge in [0.25, 0.3) is 0 Å². The van der Waals surface area contributed by atoms with Crippen molar-refractivity contribution < 1.29 is 12.6 Å².